The van der Waals surface area contributed by atoms with Crippen molar-refractivity contribution in [2.24, 2.45) is 0 Å². The predicted octanol–water partition coefficient (Wildman–Crippen LogP) is -2.41. The summed E-state index contributed by atoms with van der Waals surface area (Å²) in [5, 5.41) is 13.9. The van der Waals surface area contributed by atoms with Crippen LogP contribution in [0.1, 0.15) is 14.3 Å². The van der Waals surface area contributed by atoms with Crippen molar-refractivity contribution in [3.63, 3.8) is 0 Å². The van der Waals surface area contributed by atoms with Crippen LogP contribution in [0.4, 0.5) is 4.79 Å². The molecule has 19 heavy (non-hydrogen) atoms. The fourth-order valence-electron chi connectivity index (χ4n) is 0. The third kappa shape index (κ3) is 337. The Morgan fingerprint density at radius 1 is 0.632 bits per heavy atom. The van der Waals surface area contributed by atoms with E-state index in [4.69, 9.17) is 53.5 Å². The number of phosphoric acid groups is 2. The van der Waals surface area contributed by atoms with Crippen LogP contribution in [0.3, 0.4) is 0 Å². The van der Waals surface area contributed by atoms with Crippen LogP contribution in [0.25, 0.3) is 0 Å². The molecular formula is CH18Ca5O11P2. The van der Waals surface area contributed by atoms with E-state index in [1.807, 2.05) is 0 Å². The maximum Gasteiger partial charge on any atom is 2.00 e. The van der Waals surface area contributed by atoms with Crippen molar-refractivity contribution in [2.75, 3.05) is 0 Å². The van der Waals surface area contributed by atoms with Gasteiger partial charge in [0.25, 0.3) is 0 Å². The van der Waals surface area contributed by atoms with Gasteiger partial charge in [-0.25, -0.2) is 13.9 Å². The molecule has 8 N–H and O–H groups in total. The molecule has 0 unspecified atom stereocenters. The summed E-state index contributed by atoms with van der Waals surface area (Å²) in [5.41, 5.74) is 0. The molecule has 0 aliphatic carbocycles. The van der Waals surface area contributed by atoms with E-state index in [1.54, 1.807) is 0 Å². The minimum atomic E-state index is -4.64. The molecule has 0 radical (unpaired) electrons. The second-order valence-corrected chi connectivity index (χ2v) is 3.36. The average Bonchev–Trinajstić information content (AvgIpc) is 1.45. The molecule has 0 rings (SSSR count). The molecule has 0 spiro atoms. The Labute approximate surface area is 272 Å². The van der Waals surface area contributed by atoms with Gasteiger partial charge in [0.15, 0.2) is 0 Å². The molecule has 0 amide bonds. The van der Waals surface area contributed by atoms with E-state index in [2.05, 4.69) is 0 Å². The average molecular weight is 468 g/mol. The van der Waals surface area contributed by atoms with Crippen molar-refractivity contribution in [2.45, 2.75) is 0 Å². The van der Waals surface area contributed by atoms with E-state index < -0.39 is 21.8 Å². The Kier molecular flexibility index (Phi) is 74.9. The maximum absolute atomic E-state index is 8.88. The molecule has 0 atom stereocenters. The number of hydrogen-bond acceptors (Lipinski definition) is 3. The Balaban J connectivity index is -0.00000000312. The van der Waals surface area contributed by atoms with Crippen molar-refractivity contribution < 1.29 is 67.8 Å². The van der Waals surface area contributed by atoms with Crippen LogP contribution in [-0.2, 0) is 9.13 Å². The Hall–Kier alpha value is 5.79. The van der Waals surface area contributed by atoms with Crippen LogP contribution in [0, 0.1) is 0 Å². The molecule has 0 bridgehead atoms. The zero-order chi connectivity index (χ0) is 12.6. The second kappa shape index (κ2) is 28.6. The smallest absolute Gasteiger partial charge is 1.00 e. The number of hydrogen-bond donors (Lipinski definition) is 8. The van der Waals surface area contributed by atoms with Gasteiger partial charge in [-0.1, -0.05) is 0 Å². The van der Waals surface area contributed by atoms with Crippen molar-refractivity contribution in [1.29, 1.82) is 0 Å². The van der Waals surface area contributed by atoms with Crippen LogP contribution >= 0.6 is 15.6 Å². The quantitative estimate of drug-likeness (QED) is 0.138. The summed E-state index contributed by atoms with van der Waals surface area (Å²) in [6, 6.07) is 0. The molecule has 108 valence electrons. The number of rotatable bonds is 0. The van der Waals surface area contributed by atoms with Gasteiger partial charge in [0.05, 0.1) is 0 Å². The zero-order valence-electron chi connectivity index (χ0n) is 19.7. The largest absolute Gasteiger partial charge is 2.00 e. The van der Waals surface area contributed by atoms with Gasteiger partial charge in [-0.05, 0) is 0 Å². The molecule has 0 heterocycles. The summed E-state index contributed by atoms with van der Waals surface area (Å²) in [5.74, 6) is 0. The van der Waals surface area contributed by atoms with Crippen molar-refractivity contribution in [1.82, 2.24) is 0 Å². The van der Waals surface area contributed by atoms with Gasteiger partial charge >= 0.3 is 210 Å². The summed E-state index contributed by atoms with van der Waals surface area (Å²) < 4.78 is 17.8. The maximum atomic E-state index is 8.88. The SMILES string of the molecule is O=C(O)O.O=P(O)(O)O.O=P(O)(O)O.[Ca+2].[Ca+2].[Ca+2].[Ca+2].[Ca+2].[H-].[H-].[H-].[H-].[H-].[H-].[H-].[H-].[H-].[H-]. The molecule has 18 heteroatoms. The van der Waals surface area contributed by atoms with Gasteiger partial charge < -0.3 is 53.8 Å². The molecule has 0 aromatic heterocycles. The first-order chi connectivity index (χ1) is 5.73. The fourth-order valence-corrected chi connectivity index (χ4v) is 0. The topological polar surface area (TPSA) is 213 Å². The van der Waals surface area contributed by atoms with E-state index in [-0.39, 0.29) is 203 Å². The summed E-state index contributed by atoms with van der Waals surface area (Å²) >= 11 is 0. The van der Waals surface area contributed by atoms with Gasteiger partial charge in [-0.3, -0.25) is 0 Å². The Morgan fingerprint density at radius 2 is 0.632 bits per heavy atom. The summed E-state index contributed by atoms with van der Waals surface area (Å²) in [7, 11) is -9.28. The molecule has 11 nitrogen and oxygen atoms in total. The summed E-state index contributed by atoms with van der Waals surface area (Å²) in [6.45, 7) is 0. The molecule has 0 aromatic rings. The van der Waals surface area contributed by atoms with Crippen LogP contribution in [0.2, 0.25) is 0 Å². The van der Waals surface area contributed by atoms with E-state index in [0.717, 1.165) is 0 Å². The normalized spacial score (nSPS) is 7.47. The minimum Gasteiger partial charge on any atom is -1.00 e. The van der Waals surface area contributed by atoms with Crippen molar-refractivity contribution in [3.05, 3.63) is 0 Å². The van der Waals surface area contributed by atoms with Gasteiger partial charge in [-0.15, -0.1) is 0 Å². The van der Waals surface area contributed by atoms with E-state index >= 15 is 0 Å². The van der Waals surface area contributed by atoms with E-state index in [9.17, 15) is 0 Å². The standard InChI is InChI=1S/CH2O3.5Ca.2H3O4P.10H/c2-1(3)4;;;;;;2*1-5(2,3)4;;;;;;;;;;/h(H2,2,3,4);;;;;;2*(H3,1,2,3,4);;;;;;;;;;/q;5*+2;;;10*-1. The summed E-state index contributed by atoms with van der Waals surface area (Å²) in [4.78, 5) is 51.7. The van der Waals surface area contributed by atoms with Gasteiger partial charge in [0.2, 0.25) is 0 Å². The van der Waals surface area contributed by atoms with Gasteiger partial charge in [-0.2, -0.15) is 0 Å². The van der Waals surface area contributed by atoms with Crippen molar-refractivity contribution >= 4 is 210 Å². The molecular weight excluding hydrogens is 450 g/mol. The van der Waals surface area contributed by atoms with Crippen LogP contribution in [0.15, 0.2) is 0 Å². The zero-order valence-corrected chi connectivity index (χ0v) is 22.6. The molecule has 0 aliphatic heterocycles. The number of carboxylic acid groups (broad SMARTS) is 2. The van der Waals surface area contributed by atoms with Gasteiger partial charge in [0.1, 0.15) is 0 Å². The minimum absolute atomic E-state index is 0. The summed E-state index contributed by atoms with van der Waals surface area (Å²) in [6.07, 6.45) is -1.83. The Bertz CT molecular complexity index is 232. The number of carbonyl (C=O) groups is 1. The van der Waals surface area contributed by atoms with Crippen LogP contribution < -0.4 is 0 Å². The van der Waals surface area contributed by atoms with Crippen molar-refractivity contribution in [3.8, 4) is 0 Å². The first-order valence-corrected chi connectivity index (χ1v) is 5.35. The monoisotopic (exact) mass is 468 g/mol. The molecule has 0 saturated carbocycles. The third-order valence-electron chi connectivity index (χ3n) is 0. The Morgan fingerprint density at radius 3 is 0.632 bits per heavy atom. The van der Waals surface area contributed by atoms with Crippen LogP contribution in [-0.4, -0.2) is 234 Å². The fraction of sp³-hybridized carbons (Fsp3) is 0. The first-order valence-electron chi connectivity index (χ1n) is 2.22. The van der Waals surface area contributed by atoms with Crippen LogP contribution in [0.5, 0.6) is 0 Å². The predicted molar refractivity (Wildman–Crippen MR) is 79.1 cm³/mol. The molecule has 0 aliphatic rings. The van der Waals surface area contributed by atoms with E-state index in [0.29, 0.717) is 0 Å². The molecule has 0 fully saturated rings. The molecule has 0 aromatic carbocycles. The first kappa shape index (κ1) is 49.8. The second-order valence-electron chi connectivity index (χ2n) is 1.31. The third-order valence-corrected chi connectivity index (χ3v) is 0. The van der Waals surface area contributed by atoms with Gasteiger partial charge in [0, 0.05) is 0 Å². The molecule has 0 saturated heterocycles. The van der Waals surface area contributed by atoms with E-state index in [1.165, 1.54) is 0 Å².